The molecule has 2 heterocycles. The summed E-state index contributed by atoms with van der Waals surface area (Å²) in [6, 6.07) is 14.5. The van der Waals surface area contributed by atoms with Gasteiger partial charge in [0.15, 0.2) is 0 Å². The van der Waals surface area contributed by atoms with Crippen molar-refractivity contribution in [3.05, 3.63) is 71.3 Å². The number of amides is 1. The number of carbonyl (C=O) groups excluding carboxylic acids is 1. The number of hydrogen-bond donors (Lipinski definition) is 0. The Labute approximate surface area is 176 Å². The van der Waals surface area contributed by atoms with Gasteiger partial charge < -0.3 is 9.32 Å². The van der Waals surface area contributed by atoms with Gasteiger partial charge in [-0.2, -0.15) is 4.68 Å². The van der Waals surface area contributed by atoms with Crippen molar-refractivity contribution in [3.8, 4) is 17.1 Å². The molecule has 0 saturated heterocycles. The highest BCUT2D eigenvalue weighted by molar-refractivity contribution is 6.30. The number of tetrazole rings is 1. The van der Waals surface area contributed by atoms with Crippen LogP contribution in [0.1, 0.15) is 29.1 Å². The van der Waals surface area contributed by atoms with Crippen LogP contribution < -0.4 is 0 Å². The number of benzene rings is 2. The second-order valence-corrected chi connectivity index (χ2v) is 7.38. The second-order valence-electron chi connectivity index (χ2n) is 6.94. The lowest BCUT2D eigenvalue weighted by molar-refractivity contribution is 0.0714. The van der Waals surface area contributed by atoms with Gasteiger partial charge in [-0.3, -0.25) is 4.79 Å². The van der Waals surface area contributed by atoms with E-state index in [0.29, 0.717) is 28.1 Å². The molecule has 0 spiro atoms. The van der Waals surface area contributed by atoms with Crippen LogP contribution in [0.15, 0.2) is 59.3 Å². The number of aromatic nitrogens is 6. The maximum Gasteiger partial charge on any atom is 0.256 e. The first-order valence-corrected chi connectivity index (χ1v) is 9.78. The minimum atomic E-state index is -0.130. The van der Waals surface area contributed by atoms with Crippen molar-refractivity contribution in [1.29, 1.82) is 0 Å². The van der Waals surface area contributed by atoms with E-state index in [0.717, 1.165) is 18.4 Å². The van der Waals surface area contributed by atoms with Crippen molar-refractivity contribution < 1.29 is 9.21 Å². The molecule has 1 fully saturated rings. The van der Waals surface area contributed by atoms with Gasteiger partial charge in [0, 0.05) is 16.6 Å². The number of hydrogen-bond acceptors (Lipinski definition) is 7. The Bertz CT molecular complexity index is 1170. The van der Waals surface area contributed by atoms with Crippen LogP contribution in [0.4, 0.5) is 0 Å². The zero-order valence-electron chi connectivity index (χ0n) is 15.7. The predicted octanol–water partition coefficient (Wildman–Crippen LogP) is 3.17. The highest BCUT2D eigenvalue weighted by Crippen LogP contribution is 2.31. The van der Waals surface area contributed by atoms with E-state index in [1.807, 2.05) is 24.3 Å². The lowest BCUT2D eigenvalue weighted by Gasteiger charge is -2.21. The summed E-state index contributed by atoms with van der Waals surface area (Å²) in [6.07, 6.45) is 3.35. The summed E-state index contributed by atoms with van der Waals surface area (Å²) in [5.41, 5.74) is 1.89. The van der Waals surface area contributed by atoms with Gasteiger partial charge in [-0.15, -0.1) is 15.3 Å². The molecule has 150 valence electrons. The molecule has 30 heavy (non-hydrogen) atoms. The fourth-order valence-electron chi connectivity index (χ4n) is 3.21. The van der Waals surface area contributed by atoms with Crippen molar-refractivity contribution in [3.63, 3.8) is 0 Å². The summed E-state index contributed by atoms with van der Waals surface area (Å²) in [6.45, 7) is 0.230. The summed E-state index contributed by atoms with van der Waals surface area (Å²) < 4.78 is 7.29. The highest BCUT2D eigenvalue weighted by Gasteiger charge is 2.35. The van der Waals surface area contributed by atoms with Gasteiger partial charge in [0.2, 0.25) is 11.8 Å². The molecule has 0 unspecified atom stereocenters. The molecule has 0 atom stereocenters. The average Bonchev–Trinajstić information content (AvgIpc) is 3.26. The number of carbonyl (C=O) groups is 1. The molecular formula is C20H16ClN7O2. The molecule has 0 radical (unpaired) electrons. The van der Waals surface area contributed by atoms with Crippen molar-refractivity contribution >= 4 is 17.5 Å². The molecule has 5 rings (SSSR count). The summed E-state index contributed by atoms with van der Waals surface area (Å²) in [5.74, 6) is 0.633. The summed E-state index contributed by atoms with van der Waals surface area (Å²) >= 11 is 5.93. The van der Waals surface area contributed by atoms with Crippen molar-refractivity contribution in [1.82, 2.24) is 35.3 Å². The molecule has 9 nitrogen and oxygen atoms in total. The van der Waals surface area contributed by atoms with Gasteiger partial charge in [0.05, 0.1) is 17.8 Å². The second kappa shape index (κ2) is 7.68. The van der Waals surface area contributed by atoms with E-state index < -0.39 is 0 Å². The number of nitrogens with zero attached hydrogens (tertiary/aromatic N) is 7. The van der Waals surface area contributed by atoms with Gasteiger partial charge in [-0.05, 0) is 59.7 Å². The Balaban J connectivity index is 1.41. The number of rotatable bonds is 6. The van der Waals surface area contributed by atoms with E-state index in [2.05, 4.69) is 25.7 Å². The standard InChI is InChI=1S/C20H16ClN7O2/c21-14-7-5-13(6-8-14)19-24-23-18(30-19)11-27(15-9-10-15)20(29)16-3-1-2-4-17(16)28-12-22-25-26-28/h1-8,12,15H,9-11H2. The maximum absolute atomic E-state index is 13.4. The quantitative estimate of drug-likeness (QED) is 0.471. The molecule has 10 heteroatoms. The van der Waals surface area contributed by atoms with Crippen molar-refractivity contribution in [2.24, 2.45) is 0 Å². The third-order valence-corrected chi connectivity index (χ3v) is 5.09. The first-order valence-electron chi connectivity index (χ1n) is 9.41. The van der Waals surface area contributed by atoms with Crippen LogP contribution in [-0.2, 0) is 6.54 Å². The predicted molar refractivity (Wildman–Crippen MR) is 107 cm³/mol. The van der Waals surface area contributed by atoms with E-state index in [-0.39, 0.29) is 18.5 Å². The Hall–Kier alpha value is -3.59. The smallest absolute Gasteiger partial charge is 0.256 e. The molecule has 2 aromatic heterocycles. The first-order chi connectivity index (χ1) is 14.7. The molecule has 1 amide bonds. The Kier molecular flexibility index (Phi) is 4.72. The Morgan fingerprint density at radius 2 is 1.93 bits per heavy atom. The molecule has 2 aromatic carbocycles. The highest BCUT2D eigenvalue weighted by atomic mass is 35.5. The van der Waals surface area contributed by atoms with Crippen LogP contribution in [0, 0.1) is 0 Å². The topological polar surface area (TPSA) is 103 Å². The summed E-state index contributed by atoms with van der Waals surface area (Å²) in [7, 11) is 0. The lowest BCUT2D eigenvalue weighted by atomic mass is 10.1. The summed E-state index contributed by atoms with van der Waals surface area (Å²) in [5, 5.41) is 20.1. The third-order valence-electron chi connectivity index (χ3n) is 4.84. The largest absolute Gasteiger partial charge is 0.419 e. The Morgan fingerprint density at radius 3 is 2.67 bits per heavy atom. The monoisotopic (exact) mass is 421 g/mol. The third kappa shape index (κ3) is 3.67. The number of para-hydroxylation sites is 1. The maximum atomic E-state index is 13.4. The average molecular weight is 422 g/mol. The molecule has 0 bridgehead atoms. The van der Waals surface area contributed by atoms with Crippen LogP contribution >= 0.6 is 11.6 Å². The number of halogens is 1. The van der Waals surface area contributed by atoms with Gasteiger partial charge >= 0.3 is 0 Å². The van der Waals surface area contributed by atoms with E-state index in [1.54, 1.807) is 29.2 Å². The summed E-state index contributed by atoms with van der Waals surface area (Å²) in [4.78, 5) is 15.2. The van der Waals surface area contributed by atoms with E-state index in [4.69, 9.17) is 16.0 Å². The van der Waals surface area contributed by atoms with Crippen LogP contribution in [0.5, 0.6) is 0 Å². The van der Waals surface area contributed by atoms with Gasteiger partial charge in [-0.25, -0.2) is 0 Å². The first kappa shape index (κ1) is 18.4. The SMILES string of the molecule is O=C(c1ccccc1-n1cnnn1)N(Cc1nnc(-c2ccc(Cl)cc2)o1)C1CC1. The molecule has 1 saturated carbocycles. The molecular weight excluding hydrogens is 406 g/mol. The Morgan fingerprint density at radius 1 is 1.13 bits per heavy atom. The van der Waals surface area contributed by atoms with Crippen molar-refractivity contribution in [2.45, 2.75) is 25.4 Å². The van der Waals surface area contributed by atoms with Gasteiger partial charge in [0.1, 0.15) is 6.33 Å². The normalized spacial score (nSPS) is 13.4. The zero-order valence-corrected chi connectivity index (χ0v) is 16.5. The van der Waals surface area contributed by atoms with E-state index >= 15 is 0 Å². The zero-order chi connectivity index (χ0) is 20.5. The van der Waals surface area contributed by atoms with Gasteiger partial charge in [-0.1, -0.05) is 23.7 Å². The molecule has 4 aromatic rings. The molecule has 0 aliphatic heterocycles. The fourth-order valence-corrected chi connectivity index (χ4v) is 3.33. The fraction of sp³-hybridized carbons (Fsp3) is 0.200. The molecule has 1 aliphatic rings. The lowest BCUT2D eigenvalue weighted by Crippen LogP contribution is -2.33. The van der Waals surface area contributed by atoms with Crippen LogP contribution in [0.3, 0.4) is 0 Å². The molecule has 1 aliphatic carbocycles. The minimum absolute atomic E-state index is 0.130. The van der Waals surface area contributed by atoms with Crippen LogP contribution in [-0.4, -0.2) is 47.3 Å². The van der Waals surface area contributed by atoms with E-state index in [1.165, 1.54) is 11.0 Å². The minimum Gasteiger partial charge on any atom is -0.419 e. The van der Waals surface area contributed by atoms with Gasteiger partial charge in [0.25, 0.3) is 5.91 Å². The van der Waals surface area contributed by atoms with Crippen molar-refractivity contribution in [2.75, 3.05) is 0 Å². The molecule has 0 N–H and O–H groups in total. The van der Waals surface area contributed by atoms with E-state index in [9.17, 15) is 4.79 Å². The van der Waals surface area contributed by atoms with Crippen LogP contribution in [0.25, 0.3) is 17.1 Å². The van der Waals surface area contributed by atoms with Crippen LogP contribution in [0.2, 0.25) is 5.02 Å².